The first-order chi connectivity index (χ1) is 29.1. The average Bonchev–Trinajstić information content (AvgIpc) is 3.21. The zero-order valence-corrected chi connectivity index (χ0v) is 38.3. The number of hydrogen-bond donors (Lipinski definition) is 0. The Morgan fingerprint density at radius 3 is 1.30 bits per heavy atom. The van der Waals surface area contributed by atoms with Crippen molar-refractivity contribution in [2.24, 2.45) is 0 Å². The van der Waals surface area contributed by atoms with Crippen LogP contribution in [-0.2, 0) is 28.6 Å². The number of carbonyl (C=O) groups excluding carboxylic acids is 3. The van der Waals surface area contributed by atoms with Crippen LogP contribution in [0.25, 0.3) is 0 Å². The molecule has 0 aromatic heterocycles. The Kier molecular flexibility index (Phi) is 38.9. The molecule has 0 saturated heterocycles. The van der Waals surface area contributed by atoms with E-state index in [2.05, 4.69) is 123 Å². The van der Waals surface area contributed by atoms with Crippen molar-refractivity contribution in [3.8, 4) is 0 Å². The number of unbranched alkanes of at least 4 members (excludes halogenated alkanes) is 7. The van der Waals surface area contributed by atoms with Gasteiger partial charge in [-0.2, -0.15) is 0 Å². The first-order valence-corrected chi connectivity index (χ1v) is 22.9. The summed E-state index contributed by atoms with van der Waals surface area (Å²) < 4.78 is 17.1. The molecule has 2 unspecified atom stereocenters. The second-order valence-corrected chi connectivity index (χ2v) is 15.9. The van der Waals surface area contributed by atoms with Gasteiger partial charge in [0, 0.05) is 19.3 Å². The molecule has 0 N–H and O–H groups in total. The van der Waals surface area contributed by atoms with Crippen LogP contribution in [0.2, 0.25) is 0 Å². The van der Waals surface area contributed by atoms with E-state index in [1.54, 1.807) is 21.1 Å². The largest absolute Gasteiger partial charge is 0.544 e. The highest BCUT2D eigenvalue weighted by Gasteiger charge is 2.25. The number of carboxylic acid groups (broad SMARTS) is 1. The molecule has 0 fully saturated rings. The number of likely N-dealkylation sites (N-methyl/N-ethyl adjacent to an activating group) is 1. The lowest BCUT2D eigenvalue weighted by atomic mass is 10.1. The van der Waals surface area contributed by atoms with Gasteiger partial charge in [-0.25, -0.2) is 0 Å². The first kappa shape index (κ1) is 56.0. The highest BCUT2D eigenvalue weighted by Crippen LogP contribution is 2.11. The van der Waals surface area contributed by atoms with Crippen LogP contribution in [0, 0.1) is 0 Å². The highest BCUT2D eigenvalue weighted by atomic mass is 16.6. The summed E-state index contributed by atoms with van der Waals surface area (Å²) in [6, 6.07) is -0.743. The van der Waals surface area contributed by atoms with Gasteiger partial charge < -0.3 is 28.6 Å². The van der Waals surface area contributed by atoms with Gasteiger partial charge in [-0.05, 0) is 96.3 Å². The van der Waals surface area contributed by atoms with Crippen LogP contribution in [0.4, 0.5) is 0 Å². The van der Waals surface area contributed by atoms with Crippen molar-refractivity contribution >= 4 is 17.9 Å². The van der Waals surface area contributed by atoms with Crippen molar-refractivity contribution in [2.45, 2.75) is 161 Å². The Morgan fingerprint density at radius 2 is 0.883 bits per heavy atom. The zero-order valence-electron chi connectivity index (χ0n) is 38.3. The molecule has 0 saturated carbocycles. The molecule has 0 aromatic rings. The van der Waals surface area contributed by atoms with E-state index in [1.165, 1.54) is 0 Å². The number of carbonyl (C=O) groups is 3. The van der Waals surface area contributed by atoms with Gasteiger partial charge in [0.2, 0.25) is 0 Å². The molecule has 0 aromatic carbocycles. The zero-order chi connectivity index (χ0) is 44.2. The standard InChI is InChI=1S/C52H83NO7/c1-6-8-10-12-14-16-18-20-22-24-25-27-29-31-33-35-37-39-41-43-51(55)60-48(46-58-45-44-49(52(56)57)53(3,4)5)47-59-50(54)42-40-38-36-34-32-30-28-26-23-21-19-17-15-13-11-9-7-2/h8-11,14-17,20-23,25,27-28,30-31,33,48-49H,6-7,12-13,18-19,24,26,29,32,34-47H2,1-5H3/b10-8-,11-9-,16-14-,17-15-,22-20-,23-21-,27-25-,30-28-,33-31-. The second kappa shape index (κ2) is 41.7. The predicted octanol–water partition coefficient (Wildman–Crippen LogP) is 11.5. The van der Waals surface area contributed by atoms with Gasteiger partial charge >= 0.3 is 11.9 Å². The van der Waals surface area contributed by atoms with Gasteiger partial charge in [0.1, 0.15) is 12.6 Å². The van der Waals surface area contributed by atoms with E-state index in [1.807, 2.05) is 0 Å². The summed E-state index contributed by atoms with van der Waals surface area (Å²) in [4.78, 5) is 36.9. The second-order valence-electron chi connectivity index (χ2n) is 15.9. The fourth-order valence-corrected chi connectivity index (χ4v) is 5.91. The van der Waals surface area contributed by atoms with Gasteiger partial charge in [-0.15, -0.1) is 0 Å². The van der Waals surface area contributed by atoms with E-state index in [0.29, 0.717) is 12.8 Å². The molecule has 0 aliphatic carbocycles. The number of nitrogens with zero attached hydrogens (tertiary/aromatic N) is 1. The summed E-state index contributed by atoms with van der Waals surface area (Å²) in [5.74, 6) is -1.83. The minimum absolute atomic E-state index is 0.0112. The lowest BCUT2D eigenvalue weighted by Crippen LogP contribution is -2.55. The number of quaternary nitrogens is 1. The lowest BCUT2D eigenvalue weighted by Gasteiger charge is -2.34. The summed E-state index contributed by atoms with van der Waals surface area (Å²) >= 11 is 0. The van der Waals surface area contributed by atoms with Crippen LogP contribution in [-0.4, -0.2) is 75.5 Å². The smallest absolute Gasteiger partial charge is 0.306 e. The molecular weight excluding hydrogens is 751 g/mol. The third kappa shape index (κ3) is 39.5. The molecule has 0 bridgehead atoms. The molecule has 0 spiro atoms. The van der Waals surface area contributed by atoms with Crippen molar-refractivity contribution in [2.75, 3.05) is 41.0 Å². The van der Waals surface area contributed by atoms with Crippen LogP contribution in [0.3, 0.4) is 0 Å². The maximum absolute atomic E-state index is 12.7. The quantitative estimate of drug-likeness (QED) is 0.0263. The van der Waals surface area contributed by atoms with Crippen molar-refractivity contribution in [1.82, 2.24) is 0 Å². The van der Waals surface area contributed by atoms with Crippen LogP contribution >= 0.6 is 0 Å². The number of carboxylic acids is 1. The lowest BCUT2D eigenvalue weighted by molar-refractivity contribution is -0.889. The van der Waals surface area contributed by atoms with Crippen LogP contribution in [0.5, 0.6) is 0 Å². The summed E-state index contributed by atoms with van der Waals surface area (Å²) in [7, 11) is 5.37. The SMILES string of the molecule is CC/C=C\C/C=C\C/C=C\C/C=C\C/C=C\CCCCCC(=O)OC(COCCC(C(=O)[O-])[N+](C)(C)C)COC(=O)CCCCCC/C=C\C/C=C\C/C=C\C/C=C\CC. The fourth-order valence-electron chi connectivity index (χ4n) is 5.91. The predicted molar refractivity (Wildman–Crippen MR) is 249 cm³/mol. The molecule has 0 heterocycles. The number of aliphatic carboxylic acids is 1. The molecule has 0 amide bonds. The normalized spacial score (nSPS) is 13.9. The van der Waals surface area contributed by atoms with Gasteiger partial charge in [-0.3, -0.25) is 9.59 Å². The number of esters is 2. The minimum Gasteiger partial charge on any atom is -0.544 e. The Hall–Kier alpha value is -4.01. The summed E-state index contributed by atoms with van der Waals surface area (Å²) in [6.45, 7) is 4.35. The Bertz CT molecular complexity index is 1340. The fraction of sp³-hybridized carbons (Fsp3) is 0.596. The molecule has 0 rings (SSSR count). The molecule has 338 valence electrons. The van der Waals surface area contributed by atoms with Crippen LogP contribution in [0.15, 0.2) is 109 Å². The Labute approximate surface area is 366 Å². The maximum atomic E-state index is 12.7. The molecule has 0 aliphatic rings. The molecule has 8 nitrogen and oxygen atoms in total. The third-order valence-electron chi connectivity index (χ3n) is 9.40. The Morgan fingerprint density at radius 1 is 0.500 bits per heavy atom. The first-order valence-electron chi connectivity index (χ1n) is 22.9. The van der Waals surface area contributed by atoms with Crippen molar-refractivity contribution in [3.05, 3.63) is 109 Å². The third-order valence-corrected chi connectivity index (χ3v) is 9.40. The number of rotatable bonds is 39. The van der Waals surface area contributed by atoms with E-state index in [9.17, 15) is 19.5 Å². The molecule has 8 heteroatoms. The number of ether oxygens (including phenoxy) is 3. The van der Waals surface area contributed by atoms with Gasteiger partial charge in [0.25, 0.3) is 0 Å². The maximum Gasteiger partial charge on any atom is 0.306 e. The van der Waals surface area contributed by atoms with E-state index in [-0.39, 0.29) is 49.1 Å². The average molecular weight is 834 g/mol. The molecule has 0 aliphatic heterocycles. The van der Waals surface area contributed by atoms with E-state index in [4.69, 9.17) is 14.2 Å². The summed E-state index contributed by atoms with van der Waals surface area (Å²) in [6.07, 6.45) is 56.8. The minimum atomic E-state index is -1.14. The topological polar surface area (TPSA) is 102 Å². The monoisotopic (exact) mass is 834 g/mol. The van der Waals surface area contributed by atoms with Crippen molar-refractivity contribution in [3.63, 3.8) is 0 Å². The van der Waals surface area contributed by atoms with Crippen LogP contribution < -0.4 is 5.11 Å². The summed E-state index contributed by atoms with van der Waals surface area (Å²) in [5.41, 5.74) is 0. The van der Waals surface area contributed by atoms with E-state index in [0.717, 1.165) is 109 Å². The molecule has 60 heavy (non-hydrogen) atoms. The number of allylic oxidation sites excluding steroid dienone is 18. The molecule has 2 atom stereocenters. The van der Waals surface area contributed by atoms with E-state index >= 15 is 0 Å². The van der Waals surface area contributed by atoms with Crippen LogP contribution in [0.1, 0.15) is 149 Å². The van der Waals surface area contributed by atoms with Gasteiger partial charge in [0.15, 0.2) is 6.10 Å². The van der Waals surface area contributed by atoms with Crippen molar-refractivity contribution in [1.29, 1.82) is 0 Å². The van der Waals surface area contributed by atoms with E-state index < -0.39 is 18.1 Å². The van der Waals surface area contributed by atoms with Gasteiger partial charge in [0.05, 0.1) is 40.3 Å². The molecular formula is C52H83NO7. The summed E-state index contributed by atoms with van der Waals surface area (Å²) in [5, 5.41) is 11.6. The van der Waals surface area contributed by atoms with Crippen molar-refractivity contribution < 1.29 is 38.2 Å². The highest BCUT2D eigenvalue weighted by molar-refractivity contribution is 5.70. The Balaban J connectivity index is 4.46. The number of hydrogen-bond acceptors (Lipinski definition) is 7. The van der Waals surface area contributed by atoms with Gasteiger partial charge in [-0.1, -0.05) is 142 Å². The molecule has 0 radical (unpaired) electrons.